The Bertz CT molecular complexity index is 583. The van der Waals surface area contributed by atoms with E-state index in [1.165, 1.54) is 11.3 Å². The van der Waals surface area contributed by atoms with Gasteiger partial charge in [-0.3, -0.25) is 4.68 Å². The van der Waals surface area contributed by atoms with E-state index in [1.54, 1.807) is 6.33 Å². The molecule has 0 radical (unpaired) electrons. The third-order valence-corrected chi connectivity index (χ3v) is 3.80. The van der Waals surface area contributed by atoms with Crippen LogP contribution in [0.1, 0.15) is 56.0 Å². The topological polar surface area (TPSA) is 60.6 Å². The summed E-state index contributed by atoms with van der Waals surface area (Å²) in [5, 5.41) is 12.4. The first-order valence-corrected chi connectivity index (χ1v) is 7.72. The summed E-state index contributed by atoms with van der Waals surface area (Å²) in [5.74, 6) is 0.963. The van der Waals surface area contributed by atoms with E-state index in [2.05, 4.69) is 55.1 Å². The molecule has 0 saturated heterocycles. The summed E-state index contributed by atoms with van der Waals surface area (Å²) in [6, 6.07) is 0.317. The van der Waals surface area contributed by atoms with Crippen molar-refractivity contribution in [1.82, 2.24) is 29.9 Å². The molecule has 6 nitrogen and oxygen atoms in total. The number of aromatic nitrogens is 5. The fourth-order valence-corrected chi connectivity index (χ4v) is 2.84. The van der Waals surface area contributed by atoms with Crippen LogP contribution in [0.25, 0.3) is 0 Å². The predicted molar refractivity (Wildman–Crippen MR) is 83.2 cm³/mol. The van der Waals surface area contributed by atoms with Gasteiger partial charge in [0.05, 0.1) is 5.69 Å². The van der Waals surface area contributed by atoms with E-state index >= 15 is 0 Å². The van der Waals surface area contributed by atoms with Crippen LogP contribution in [0.3, 0.4) is 0 Å². The lowest BCUT2D eigenvalue weighted by molar-refractivity contribution is 0.532. The Hall–Kier alpha value is -1.69. The van der Waals surface area contributed by atoms with Gasteiger partial charge in [0.25, 0.3) is 0 Å². The van der Waals surface area contributed by atoms with E-state index in [1.807, 2.05) is 9.36 Å². The van der Waals surface area contributed by atoms with Gasteiger partial charge in [0, 0.05) is 23.8 Å². The van der Waals surface area contributed by atoms with Crippen molar-refractivity contribution in [2.75, 3.05) is 6.54 Å². The van der Waals surface area contributed by atoms with Crippen molar-refractivity contribution in [3.05, 3.63) is 29.1 Å². The minimum atomic E-state index is 0.317. The van der Waals surface area contributed by atoms with Crippen molar-refractivity contribution in [3.8, 4) is 0 Å². The first-order valence-electron chi connectivity index (χ1n) is 7.72. The molecule has 0 amide bonds. The summed E-state index contributed by atoms with van der Waals surface area (Å²) >= 11 is 0. The Morgan fingerprint density at radius 2 is 2.00 bits per heavy atom. The Morgan fingerprint density at radius 3 is 2.67 bits per heavy atom. The quantitative estimate of drug-likeness (QED) is 0.849. The van der Waals surface area contributed by atoms with Crippen molar-refractivity contribution in [1.29, 1.82) is 0 Å². The zero-order valence-corrected chi connectivity index (χ0v) is 13.7. The maximum Gasteiger partial charge on any atom is 0.148 e. The van der Waals surface area contributed by atoms with Gasteiger partial charge in [-0.2, -0.15) is 10.2 Å². The molecule has 1 unspecified atom stereocenters. The van der Waals surface area contributed by atoms with E-state index in [9.17, 15) is 0 Å². The molecule has 0 spiro atoms. The predicted octanol–water partition coefficient (Wildman–Crippen LogP) is 2.22. The first kappa shape index (κ1) is 15.7. The van der Waals surface area contributed by atoms with Crippen LogP contribution in [-0.2, 0) is 13.1 Å². The molecule has 0 aliphatic heterocycles. The maximum absolute atomic E-state index is 4.69. The Kier molecular flexibility index (Phi) is 5.12. The molecule has 0 aliphatic rings. The van der Waals surface area contributed by atoms with Crippen LogP contribution in [0.5, 0.6) is 0 Å². The standard InChI is InChI=1S/C15H26N6/c1-6-8-20-14(17-10-18-20)9-21-13(5)15(12(4)19-21)11(3)16-7-2/h10-11,16H,6-9H2,1-5H3. The molecule has 116 valence electrons. The van der Waals surface area contributed by atoms with E-state index < -0.39 is 0 Å². The smallest absolute Gasteiger partial charge is 0.148 e. The lowest BCUT2D eigenvalue weighted by Gasteiger charge is -2.13. The molecule has 1 atom stereocenters. The van der Waals surface area contributed by atoms with Crippen LogP contribution >= 0.6 is 0 Å². The summed E-state index contributed by atoms with van der Waals surface area (Å²) in [5.41, 5.74) is 3.58. The van der Waals surface area contributed by atoms with E-state index in [-0.39, 0.29) is 0 Å². The second kappa shape index (κ2) is 6.85. The SMILES string of the molecule is CCCn1ncnc1Cn1nc(C)c(C(C)NCC)c1C. The first-order chi connectivity index (χ1) is 10.1. The second-order valence-electron chi connectivity index (χ2n) is 5.42. The van der Waals surface area contributed by atoms with Crippen molar-refractivity contribution < 1.29 is 0 Å². The van der Waals surface area contributed by atoms with Gasteiger partial charge in [-0.1, -0.05) is 13.8 Å². The summed E-state index contributed by atoms with van der Waals surface area (Å²) in [7, 11) is 0. The minimum absolute atomic E-state index is 0.317. The monoisotopic (exact) mass is 290 g/mol. The summed E-state index contributed by atoms with van der Waals surface area (Å²) in [4.78, 5) is 4.37. The number of aryl methyl sites for hydroxylation is 2. The molecule has 2 aromatic rings. The average molecular weight is 290 g/mol. The van der Waals surface area contributed by atoms with Crippen molar-refractivity contribution in [2.24, 2.45) is 0 Å². The Balaban J connectivity index is 2.25. The molecule has 0 saturated carbocycles. The van der Waals surface area contributed by atoms with Crippen LogP contribution in [0.4, 0.5) is 0 Å². The summed E-state index contributed by atoms with van der Waals surface area (Å²) < 4.78 is 4.00. The zero-order chi connectivity index (χ0) is 15.4. The van der Waals surface area contributed by atoms with Crippen LogP contribution in [0.2, 0.25) is 0 Å². The summed E-state index contributed by atoms with van der Waals surface area (Å²) in [6.07, 6.45) is 2.68. The molecular weight excluding hydrogens is 264 g/mol. The second-order valence-corrected chi connectivity index (χ2v) is 5.42. The summed E-state index contributed by atoms with van der Waals surface area (Å²) in [6.45, 7) is 13.2. The molecular formula is C15H26N6. The molecule has 0 aliphatic carbocycles. The fraction of sp³-hybridized carbons (Fsp3) is 0.667. The van der Waals surface area contributed by atoms with Crippen molar-refractivity contribution >= 4 is 0 Å². The van der Waals surface area contributed by atoms with Gasteiger partial charge in [-0.05, 0) is 33.7 Å². The third kappa shape index (κ3) is 3.32. The highest BCUT2D eigenvalue weighted by Gasteiger charge is 2.18. The van der Waals surface area contributed by atoms with Crippen molar-refractivity contribution in [2.45, 2.75) is 60.2 Å². The highest BCUT2D eigenvalue weighted by Crippen LogP contribution is 2.21. The minimum Gasteiger partial charge on any atom is -0.310 e. The normalized spacial score (nSPS) is 12.8. The third-order valence-electron chi connectivity index (χ3n) is 3.80. The van der Waals surface area contributed by atoms with E-state index in [0.29, 0.717) is 12.6 Å². The Morgan fingerprint density at radius 1 is 1.24 bits per heavy atom. The van der Waals surface area contributed by atoms with E-state index in [0.717, 1.165) is 31.0 Å². The van der Waals surface area contributed by atoms with Gasteiger partial charge in [-0.25, -0.2) is 9.67 Å². The van der Waals surface area contributed by atoms with Crippen molar-refractivity contribution in [3.63, 3.8) is 0 Å². The highest BCUT2D eigenvalue weighted by molar-refractivity contribution is 5.28. The zero-order valence-electron chi connectivity index (χ0n) is 13.7. The molecule has 0 fully saturated rings. The molecule has 21 heavy (non-hydrogen) atoms. The molecule has 0 bridgehead atoms. The number of hydrogen-bond acceptors (Lipinski definition) is 4. The molecule has 0 aromatic carbocycles. The van der Waals surface area contributed by atoms with Gasteiger partial charge in [0.15, 0.2) is 0 Å². The molecule has 2 rings (SSSR count). The Labute approximate surface area is 126 Å². The van der Waals surface area contributed by atoms with Crippen LogP contribution < -0.4 is 5.32 Å². The van der Waals surface area contributed by atoms with Gasteiger partial charge < -0.3 is 5.32 Å². The number of nitrogens with zero attached hydrogens (tertiary/aromatic N) is 5. The van der Waals surface area contributed by atoms with Crippen LogP contribution in [0, 0.1) is 13.8 Å². The molecule has 6 heteroatoms. The number of nitrogens with one attached hydrogen (secondary N) is 1. The van der Waals surface area contributed by atoms with Gasteiger partial charge in [-0.15, -0.1) is 0 Å². The number of hydrogen-bond donors (Lipinski definition) is 1. The molecule has 2 heterocycles. The largest absolute Gasteiger partial charge is 0.310 e. The molecule has 2 aromatic heterocycles. The lowest BCUT2D eigenvalue weighted by Crippen LogP contribution is -2.19. The highest BCUT2D eigenvalue weighted by atomic mass is 15.4. The van der Waals surface area contributed by atoms with E-state index in [4.69, 9.17) is 0 Å². The van der Waals surface area contributed by atoms with Gasteiger partial charge >= 0.3 is 0 Å². The number of rotatable bonds is 7. The maximum atomic E-state index is 4.69. The average Bonchev–Trinajstić information content (AvgIpc) is 2.97. The van der Waals surface area contributed by atoms with Gasteiger partial charge in [0.1, 0.15) is 18.7 Å². The lowest BCUT2D eigenvalue weighted by atomic mass is 10.1. The van der Waals surface area contributed by atoms with Crippen LogP contribution in [0.15, 0.2) is 6.33 Å². The van der Waals surface area contributed by atoms with Crippen LogP contribution in [-0.4, -0.2) is 31.1 Å². The van der Waals surface area contributed by atoms with Gasteiger partial charge in [0.2, 0.25) is 0 Å². The fourth-order valence-electron chi connectivity index (χ4n) is 2.84. The molecule has 1 N–H and O–H groups in total.